The van der Waals surface area contributed by atoms with Gasteiger partial charge in [0, 0.05) is 11.7 Å². The third-order valence-electron chi connectivity index (χ3n) is 3.66. The molecule has 0 radical (unpaired) electrons. The van der Waals surface area contributed by atoms with E-state index in [0.29, 0.717) is 5.69 Å². The van der Waals surface area contributed by atoms with E-state index in [1.807, 2.05) is 30.3 Å². The summed E-state index contributed by atoms with van der Waals surface area (Å²) in [5, 5.41) is 2.70. The van der Waals surface area contributed by atoms with Crippen molar-refractivity contribution in [3.63, 3.8) is 0 Å². The van der Waals surface area contributed by atoms with Crippen molar-refractivity contribution in [1.29, 1.82) is 0 Å². The van der Waals surface area contributed by atoms with Crippen LogP contribution in [0.4, 0.5) is 18.9 Å². The molecule has 2 aromatic rings. The molecule has 2 rings (SSSR count). The third kappa shape index (κ3) is 5.79. The fraction of sp³-hybridized carbons (Fsp3) is 0.278. The molecule has 2 unspecified atom stereocenters. The average molecular weight is 352 g/mol. The number of alkyl halides is 3. The van der Waals surface area contributed by atoms with E-state index in [2.05, 4.69) is 10.1 Å². The summed E-state index contributed by atoms with van der Waals surface area (Å²) in [6.45, 7) is 0.357. The number of hydrogen-bond acceptors (Lipinski definition) is 3. The molecular formula is C18H19F3N2O2. The Balaban J connectivity index is 1.93. The maximum Gasteiger partial charge on any atom is 0.422 e. The van der Waals surface area contributed by atoms with Gasteiger partial charge >= 0.3 is 6.18 Å². The van der Waals surface area contributed by atoms with Gasteiger partial charge in [-0.05, 0) is 29.8 Å². The van der Waals surface area contributed by atoms with Gasteiger partial charge in [-0.25, -0.2) is 0 Å². The number of nitrogens with two attached hydrogens (primary N) is 1. The molecule has 0 aliphatic rings. The second-order valence-corrected chi connectivity index (χ2v) is 5.64. The first-order valence-electron chi connectivity index (χ1n) is 7.67. The van der Waals surface area contributed by atoms with E-state index in [1.165, 1.54) is 24.3 Å². The summed E-state index contributed by atoms with van der Waals surface area (Å²) in [5.41, 5.74) is 7.41. The van der Waals surface area contributed by atoms with Crippen LogP contribution in [-0.2, 0) is 4.79 Å². The van der Waals surface area contributed by atoms with Gasteiger partial charge in [-0.3, -0.25) is 4.79 Å². The molecule has 0 fully saturated rings. The van der Waals surface area contributed by atoms with Crippen LogP contribution in [0.1, 0.15) is 18.5 Å². The molecular weight excluding hydrogens is 333 g/mol. The van der Waals surface area contributed by atoms with Gasteiger partial charge in [-0.15, -0.1) is 0 Å². The second kappa shape index (κ2) is 8.02. The molecule has 0 heterocycles. The lowest BCUT2D eigenvalue weighted by atomic mass is 9.94. The van der Waals surface area contributed by atoms with Gasteiger partial charge in [-0.2, -0.15) is 13.2 Å². The minimum atomic E-state index is -4.39. The van der Waals surface area contributed by atoms with E-state index in [4.69, 9.17) is 5.73 Å². The quantitative estimate of drug-likeness (QED) is 0.829. The summed E-state index contributed by atoms with van der Waals surface area (Å²) in [4.78, 5) is 12.3. The summed E-state index contributed by atoms with van der Waals surface area (Å²) in [7, 11) is 0. The highest BCUT2D eigenvalue weighted by Gasteiger charge is 2.28. The van der Waals surface area contributed by atoms with Crippen molar-refractivity contribution < 1.29 is 22.7 Å². The van der Waals surface area contributed by atoms with Crippen LogP contribution in [-0.4, -0.2) is 18.7 Å². The lowest BCUT2D eigenvalue weighted by Crippen LogP contribution is -2.30. The first-order valence-corrected chi connectivity index (χ1v) is 7.67. The van der Waals surface area contributed by atoms with Crippen LogP contribution >= 0.6 is 0 Å². The van der Waals surface area contributed by atoms with E-state index in [1.54, 1.807) is 6.92 Å². The Kier molecular flexibility index (Phi) is 6.03. The van der Waals surface area contributed by atoms with Crippen molar-refractivity contribution in [3.8, 4) is 5.75 Å². The molecule has 2 atom stereocenters. The van der Waals surface area contributed by atoms with Gasteiger partial charge in [0.05, 0.1) is 5.92 Å². The molecule has 1 amide bonds. The van der Waals surface area contributed by atoms with Crippen molar-refractivity contribution >= 4 is 11.6 Å². The van der Waals surface area contributed by atoms with Gasteiger partial charge in [0.1, 0.15) is 5.75 Å². The Bertz CT molecular complexity index is 688. The fourth-order valence-corrected chi connectivity index (χ4v) is 2.18. The van der Waals surface area contributed by atoms with Crippen LogP contribution in [0.15, 0.2) is 54.6 Å². The van der Waals surface area contributed by atoms with E-state index in [-0.39, 0.29) is 11.7 Å². The standard InChI is InChI=1S/C18H19F3N2O2/c1-12(16(22)13-5-3-2-4-6-13)17(24)23-14-7-9-15(10-8-14)25-11-18(19,20)21/h2-10,12,16H,11,22H2,1H3,(H,23,24). The van der Waals surface area contributed by atoms with Gasteiger partial charge in [-0.1, -0.05) is 37.3 Å². The maximum atomic E-state index is 12.3. The number of carbonyl (C=O) groups is 1. The Morgan fingerprint density at radius 1 is 1.12 bits per heavy atom. The first kappa shape index (κ1) is 18.8. The Hall–Kier alpha value is -2.54. The zero-order valence-corrected chi connectivity index (χ0v) is 13.6. The van der Waals surface area contributed by atoms with Crippen molar-refractivity contribution in [3.05, 3.63) is 60.2 Å². The Morgan fingerprint density at radius 2 is 1.72 bits per heavy atom. The molecule has 0 aromatic heterocycles. The van der Waals surface area contributed by atoms with Gasteiger partial charge in [0.25, 0.3) is 0 Å². The molecule has 25 heavy (non-hydrogen) atoms. The molecule has 0 saturated carbocycles. The molecule has 2 aromatic carbocycles. The number of benzene rings is 2. The van der Waals surface area contributed by atoms with Gasteiger partial charge in [0.2, 0.25) is 5.91 Å². The smallest absolute Gasteiger partial charge is 0.422 e. The van der Waals surface area contributed by atoms with E-state index in [0.717, 1.165) is 5.56 Å². The minimum Gasteiger partial charge on any atom is -0.484 e. The summed E-state index contributed by atoms with van der Waals surface area (Å²) < 4.78 is 40.9. The van der Waals surface area contributed by atoms with Crippen LogP contribution in [0.3, 0.4) is 0 Å². The molecule has 134 valence electrons. The highest BCUT2D eigenvalue weighted by molar-refractivity contribution is 5.92. The SMILES string of the molecule is CC(C(=O)Nc1ccc(OCC(F)(F)F)cc1)C(N)c1ccccc1. The van der Waals surface area contributed by atoms with Crippen LogP contribution < -0.4 is 15.8 Å². The molecule has 0 aliphatic heterocycles. The summed E-state index contributed by atoms with van der Waals surface area (Å²) in [6, 6.07) is 14.5. The molecule has 7 heteroatoms. The number of ether oxygens (including phenoxy) is 1. The van der Waals surface area contributed by atoms with E-state index in [9.17, 15) is 18.0 Å². The molecule has 0 saturated heterocycles. The van der Waals surface area contributed by atoms with Gasteiger partial charge < -0.3 is 15.8 Å². The largest absolute Gasteiger partial charge is 0.484 e. The van der Waals surface area contributed by atoms with Crippen molar-refractivity contribution in [1.82, 2.24) is 0 Å². The summed E-state index contributed by atoms with van der Waals surface area (Å²) >= 11 is 0. The predicted octanol–water partition coefficient (Wildman–Crippen LogP) is 3.90. The normalized spacial score (nSPS) is 13.8. The highest BCUT2D eigenvalue weighted by Crippen LogP contribution is 2.23. The number of rotatable bonds is 6. The van der Waals surface area contributed by atoms with Crippen molar-refractivity contribution in [2.24, 2.45) is 11.7 Å². The zero-order valence-electron chi connectivity index (χ0n) is 13.6. The van der Waals surface area contributed by atoms with Crippen molar-refractivity contribution in [2.75, 3.05) is 11.9 Å². The number of halogens is 3. The minimum absolute atomic E-state index is 0.0735. The average Bonchev–Trinajstić information content (AvgIpc) is 2.60. The Morgan fingerprint density at radius 3 is 2.28 bits per heavy atom. The third-order valence-corrected chi connectivity index (χ3v) is 3.66. The molecule has 0 spiro atoms. The number of hydrogen-bond donors (Lipinski definition) is 2. The maximum absolute atomic E-state index is 12.3. The second-order valence-electron chi connectivity index (χ2n) is 5.64. The van der Waals surface area contributed by atoms with Crippen LogP contribution in [0.2, 0.25) is 0 Å². The van der Waals surface area contributed by atoms with Crippen LogP contribution in [0.25, 0.3) is 0 Å². The molecule has 0 aliphatic carbocycles. The lowest BCUT2D eigenvalue weighted by molar-refractivity contribution is -0.153. The van der Waals surface area contributed by atoms with Crippen LogP contribution in [0.5, 0.6) is 5.75 Å². The molecule has 3 N–H and O–H groups in total. The summed E-state index contributed by atoms with van der Waals surface area (Å²) in [6.07, 6.45) is -4.39. The monoisotopic (exact) mass is 352 g/mol. The predicted molar refractivity (Wildman–Crippen MR) is 89.2 cm³/mol. The number of anilines is 1. The number of nitrogens with one attached hydrogen (secondary N) is 1. The molecule has 0 bridgehead atoms. The zero-order chi connectivity index (χ0) is 18.4. The Labute approximate surface area is 143 Å². The number of carbonyl (C=O) groups excluding carboxylic acids is 1. The van der Waals surface area contributed by atoms with E-state index >= 15 is 0 Å². The molecule has 4 nitrogen and oxygen atoms in total. The fourth-order valence-electron chi connectivity index (χ4n) is 2.18. The van der Waals surface area contributed by atoms with Crippen molar-refractivity contribution in [2.45, 2.75) is 19.1 Å². The highest BCUT2D eigenvalue weighted by atomic mass is 19.4. The van der Waals surface area contributed by atoms with Gasteiger partial charge in [0.15, 0.2) is 6.61 Å². The number of amides is 1. The van der Waals surface area contributed by atoms with Crippen LogP contribution in [0, 0.1) is 5.92 Å². The first-order chi connectivity index (χ1) is 11.8. The topological polar surface area (TPSA) is 64.3 Å². The lowest BCUT2D eigenvalue weighted by Gasteiger charge is -2.20. The van der Waals surface area contributed by atoms with E-state index < -0.39 is 24.7 Å². The summed E-state index contributed by atoms with van der Waals surface area (Å²) in [5.74, 6) is -0.687.